The average molecular weight is 292 g/mol. The maximum atomic E-state index is 12.3. The van der Waals surface area contributed by atoms with Crippen molar-refractivity contribution in [3.05, 3.63) is 23.9 Å². The van der Waals surface area contributed by atoms with Crippen LogP contribution in [0.1, 0.15) is 18.4 Å². The second kappa shape index (κ2) is 6.65. The van der Waals surface area contributed by atoms with Crippen LogP contribution in [0.4, 0.5) is 5.82 Å². The van der Waals surface area contributed by atoms with Crippen molar-refractivity contribution >= 4 is 29.1 Å². The maximum absolute atomic E-state index is 12.3. The smallest absolute Gasteiger partial charge is 0.230 e. The zero-order valence-electron chi connectivity index (χ0n) is 11.8. The number of nitrogens with one attached hydrogen (secondary N) is 2. The molecule has 0 bridgehead atoms. The highest BCUT2D eigenvalue weighted by Crippen LogP contribution is 2.19. The Balaban J connectivity index is 1.99. The predicted molar refractivity (Wildman–Crippen MR) is 83.6 cm³/mol. The first-order valence-electron chi connectivity index (χ1n) is 6.81. The van der Waals surface area contributed by atoms with E-state index in [4.69, 9.17) is 12.2 Å². The van der Waals surface area contributed by atoms with Gasteiger partial charge in [-0.15, -0.1) is 0 Å². The van der Waals surface area contributed by atoms with Crippen LogP contribution in [0.25, 0.3) is 0 Å². The Bertz CT molecular complexity index is 506. The minimum atomic E-state index is -0.0449. The molecule has 0 saturated carbocycles. The van der Waals surface area contributed by atoms with Crippen LogP contribution >= 0.6 is 12.2 Å². The Morgan fingerprint density at radius 2 is 2.35 bits per heavy atom. The number of rotatable bonds is 2. The SMILES string of the molecule is CNC(=S)N1CCC[C@@H](C(=O)Nc2ncccc2C)C1. The highest BCUT2D eigenvalue weighted by molar-refractivity contribution is 7.80. The lowest BCUT2D eigenvalue weighted by molar-refractivity contribution is -0.121. The number of piperidine rings is 1. The zero-order valence-corrected chi connectivity index (χ0v) is 12.7. The molecule has 20 heavy (non-hydrogen) atoms. The number of amides is 1. The van der Waals surface area contributed by atoms with Gasteiger partial charge in [-0.3, -0.25) is 4.79 Å². The van der Waals surface area contributed by atoms with Crippen LogP contribution in [0, 0.1) is 12.8 Å². The third-order valence-corrected chi connectivity index (χ3v) is 4.01. The van der Waals surface area contributed by atoms with Crippen molar-refractivity contribution < 1.29 is 4.79 Å². The first-order valence-corrected chi connectivity index (χ1v) is 7.21. The summed E-state index contributed by atoms with van der Waals surface area (Å²) >= 11 is 5.24. The van der Waals surface area contributed by atoms with Gasteiger partial charge >= 0.3 is 0 Å². The Hall–Kier alpha value is -1.69. The zero-order chi connectivity index (χ0) is 14.5. The molecule has 2 N–H and O–H groups in total. The summed E-state index contributed by atoms with van der Waals surface area (Å²) in [5.41, 5.74) is 0.972. The van der Waals surface area contributed by atoms with Crippen molar-refractivity contribution in [2.75, 3.05) is 25.5 Å². The summed E-state index contributed by atoms with van der Waals surface area (Å²) in [5, 5.41) is 6.59. The van der Waals surface area contributed by atoms with Gasteiger partial charge in [-0.25, -0.2) is 4.98 Å². The Labute approximate surface area is 124 Å². The van der Waals surface area contributed by atoms with Crippen molar-refractivity contribution in [1.82, 2.24) is 15.2 Å². The first-order chi connectivity index (χ1) is 9.61. The molecule has 0 aromatic carbocycles. The topological polar surface area (TPSA) is 57.3 Å². The molecule has 2 heterocycles. The van der Waals surface area contributed by atoms with Crippen molar-refractivity contribution in [3.63, 3.8) is 0 Å². The van der Waals surface area contributed by atoms with E-state index in [2.05, 4.69) is 15.6 Å². The minimum Gasteiger partial charge on any atom is -0.366 e. The molecule has 1 amide bonds. The summed E-state index contributed by atoms with van der Waals surface area (Å²) in [7, 11) is 1.81. The number of carbonyl (C=O) groups is 1. The van der Waals surface area contributed by atoms with Crippen molar-refractivity contribution in [1.29, 1.82) is 0 Å². The number of anilines is 1. The Morgan fingerprint density at radius 3 is 3.05 bits per heavy atom. The molecule has 1 aromatic heterocycles. The molecule has 0 spiro atoms. The van der Waals surface area contributed by atoms with E-state index in [0.29, 0.717) is 17.5 Å². The molecule has 1 aliphatic rings. The van der Waals surface area contributed by atoms with E-state index in [1.54, 1.807) is 6.20 Å². The molecule has 0 unspecified atom stereocenters. The highest BCUT2D eigenvalue weighted by atomic mass is 32.1. The molecule has 5 nitrogen and oxygen atoms in total. The van der Waals surface area contributed by atoms with Crippen molar-refractivity contribution in [3.8, 4) is 0 Å². The van der Waals surface area contributed by atoms with Crippen LogP contribution in [0.15, 0.2) is 18.3 Å². The Kier molecular flexibility index (Phi) is 4.89. The minimum absolute atomic E-state index is 0.0235. The Morgan fingerprint density at radius 1 is 1.55 bits per heavy atom. The van der Waals surface area contributed by atoms with Gasteiger partial charge in [-0.1, -0.05) is 6.07 Å². The maximum Gasteiger partial charge on any atom is 0.230 e. The number of aryl methyl sites for hydroxylation is 1. The molecule has 0 radical (unpaired) electrons. The summed E-state index contributed by atoms with van der Waals surface area (Å²) in [6.07, 6.45) is 3.55. The number of hydrogen-bond acceptors (Lipinski definition) is 3. The van der Waals surface area contributed by atoms with E-state index in [9.17, 15) is 4.79 Å². The molecule has 0 aliphatic carbocycles. The van der Waals surface area contributed by atoms with E-state index < -0.39 is 0 Å². The summed E-state index contributed by atoms with van der Waals surface area (Å²) in [6, 6.07) is 3.80. The van der Waals surface area contributed by atoms with Gasteiger partial charge < -0.3 is 15.5 Å². The van der Waals surface area contributed by atoms with E-state index in [1.807, 2.05) is 31.0 Å². The molecular weight excluding hydrogens is 272 g/mol. The molecule has 1 atom stereocenters. The number of hydrogen-bond donors (Lipinski definition) is 2. The molecule has 1 fully saturated rings. The van der Waals surface area contributed by atoms with Crippen LogP contribution < -0.4 is 10.6 Å². The largest absolute Gasteiger partial charge is 0.366 e. The third-order valence-electron chi connectivity index (χ3n) is 3.54. The fraction of sp³-hybridized carbons (Fsp3) is 0.500. The van der Waals surface area contributed by atoms with Gasteiger partial charge in [-0.05, 0) is 43.6 Å². The fourth-order valence-corrected chi connectivity index (χ4v) is 2.53. The number of likely N-dealkylation sites (tertiary alicyclic amines) is 1. The molecular formula is C14H20N4OS. The molecule has 1 aromatic rings. The standard InChI is InChI=1S/C14H20N4OS/c1-10-5-3-7-16-12(10)17-13(19)11-6-4-8-18(9-11)14(20)15-2/h3,5,7,11H,4,6,8-9H2,1-2H3,(H,15,20)(H,16,17,19)/t11-/m1/s1. The van der Waals surface area contributed by atoms with Gasteiger partial charge in [0.25, 0.3) is 0 Å². The van der Waals surface area contributed by atoms with Gasteiger partial charge in [0.05, 0.1) is 5.92 Å². The molecule has 6 heteroatoms. The van der Waals surface area contributed by atoms with Gasteiger partial charge in [0.1, 0.15) is 5.82 Å². The van der Waals surface area contributed by atoms with E-state index >= 15 is 0 Å². The number of thiocarbonyl (C=S) groups is 1. The number of pyridine rings is 1. The molecule has 2 rings (SSSR count). The number of carbonyl (C=O) groups excluding carboxylic acids is 1. The second-order valence-electron chi connectivity index (χ2n) is 5.00. The second-order valence-corrected chi connectivity index (χ2v) is 5.39. The first kappa shape index (κ1) is 14.7. The van der Waals surface area contributed by atoms with E-state index in [-0.39, 0.29) is 11.8 Å². The number of nitrogens with zero attached hydrogens (tertiary/aromatic N) is 2. The highest BCUT2D eigenvalue weighted by Gasteiger charge is 2.27. The van der Waals surface area contributed by atoms with Gasteiger partial charge in [0.2, 0.25) is 5.91 Å². The quantitative estimate of drug-likeness (QED) is 0.810. The van der Waals surface area contributed by atoms with E-state index in [0.717, 1.165) is 24.9 Å². The summed E-state index contributed by atoms with van der Waals surface area (Å²) < 4.78 is 0. The lowest BCUT2D eigenvalue weighted by atomic mass is 9.97. The van der Waals surface area contributed by atoms with E-state index in [1.165, 1.54) is 0 Å². The fourth-order valence-electron chi connectivity index (χ4n) is 2.37. The average Bonchev–Trinajstić information content (AvgIpc) is 2.49. The molecule has 108 valence electrons. The van der Waals surface area contributed by atoms with Gasteiger partial charge in [-0.2, -0.15) is 0 Å². The van der Waals surface area contributed by atoms with Crippen molar-refractivity contribution in [2.45, 2.75) is 19.8 Å². The third kappa shape index (κ3) is 3.45. The van der Waals surface area contributed by atoms with Crippen LogP contribution in [0.5, 0.6) is 0 Å². The monoisotopic (exact) mass is 292 g/mol. The number of aromatic nitrogens is 1. The van der Waals surface area contributed by atoms with Gasteiger partial charge in [0.15, 0.2) is 5.11 Å². The van der Waals surface area contributed by atoms with Gasteiger partial charge in [0, 0.05) is 26.3 Å². The lowest BCUT2D eigenvalue weighted by Gasteiger charge is -2.33. The molecule has 1 saturated heterocycles. The summed E-state index contributed by atoms with van der Waals surface area (Å²) in [6.45, 7) is 3.51. The van der Waals surface area contributed by atoms with Crippen LogP contribution in [0.3, 0.4) is 0 Å². The molecule has 1 aliphatic heterocycles. The summed E-state index contributed by atoms with van der Waals surface area (Å²) in [5.74, 6) is 0.623. The normalized spacial score (nSPS) is 18.5. The van der Waals surface area contributed by atoms with Crippen molar-refractivity contribution in [2.24, 2.45) is 5.92 Å². The lowest BCUT2D eigenvalue weighted by Crippen LogP contribution is -2.46. The van der Waals surface area contributed by atoms with Crippen LogP contribution in [0.2, 0.25) is 0 Å². The summed E-state index contributed by atoms with van der Waals surface area (Å²) in [4.78, 5) is 18.6. The predicted octanol–water partition coefficient (Wildman–Crippen LogP) is 1.54. The van der Waals surface area contributed by atoms with Crippen LogP contribution in [-0.4, -0.2) is 41.0 Å². The van der Waals surface area contributed by atoms with Crippen LogP contribution in [-0.2, 0) is 4.79 Å².